The van der Waals surface area contributed by atoms with Gasteiger partial charge in [0.15, 0.2) is 5.84 Å². The standard InChI is InChI=1S/C26H29N3O5S3/c1-4-5-7-12-22-19(3)29-23(25(36(22)32)35(31)17-20-10-8-6-9-11-20)24(27-26(29)30)28-37(33,34)21-15-13-18(2)14-16-21/h6,8-11,13-16H,4-5,7,12,17H2,1-3H3,(H,27,28,30). The summed E-state index contributed by atoms with van der Waals surface area (Å²) in [5.74, 6) is -0.213. The third-order valence-corrected chi connectivity index (χ3v) is 11.1. The first-order valence-corrected chi connectivity index (χ1v) is 15.9. The summed E-state index contributed by atoms with van der Waals surface area (Å²) in [5, 5.41) is 0. The van der Waals surface area contributed by atoms with Crippen LogP contribution in [0.1, 0.15) is 50.7 Å². The first kappa shape index (κ1) is 27.2. The summed E-state index contributed by atoms with van der Waals surface area (Å²) in [6, 6.07) is 14.6. The number of carbonyl (C=O) groups excluding carboxylic acids is 1. The van der Waals surface area contributed by atoms with Gasteiger partial charge in [-0.3, -0.25) is 13.8 Å². The molecule has 2 atom stereocenters. The van der Waals surface area contributed by atoms with Crippen LogP contribution in [0, 0.1) is 6.92 Å². The molecule has 2 aromatic carbocycles. The molecular weight excluding hydrogens is 531 g/mol. The number of amidine groups is 1. The second kappa shape index (κ2) is 11.2. The molecule has 2 aliphatic heterocycles. The minimum Gasteiger partial charge on any atom is -0.261 e. The molecule has 4 rings (SSSR count). The Labute approximate surface area is 222 Å². The fourth-order valence-electron chi connectivity index (χ4n) is 4.13. The maximum Gasteiger partial charge on any atom is 0.354 e. The molecule has 8 nitrogen and oxygen atoms in total. The molecule has 11 heteroatoms. The Kier molecular flexibility index (Phi) is 8.25. The summed E-state index contributed by atoms with van der Waals surface area (Å²) in [7, 11) is -7.76. The number of hydrogen-bond acceptors (Lipinski definition) is 5. The summed E-state index contributed by atoms with van der Waals surface area (Å²) in [6.07, 6.45) is 3.11. The van der Waals surface area contributed by atoms with Crippen LogP contribution in [-0.4, -0.2) is 33.6 Å². The number of sulfonamides is 1. The molecule has 2 heterocycles. The third kappa shape index (κ3) is 5.68. The Balaban J connectivity index is 1.78. The second-order valence-corrected chi connectivity index (χ2v) is 13.6. The van der Waals surface area contributed by atoms with Gasteiger partial charge in [0.2, 0.25) is 0 Å². The van der Waals surface area contributed by atoms with Crippen LogP contribution < -0.4 is 4.72 Å². The average molecular weight is 560 g/mol. The number of aryl methyl sites for hydroxylation is 1. The predicted octanol–water partition coefficient (Wildman–Crippen LogP) is 4.80. The van der Waals surface area contributed by atoms with Crippen LogP contribution in [0.15, 0.2) is 85.0 Å². The molecule has 196 valence electrons. The van der Waals surface area contributed by atoms with Gasteiger partial charge in [-0.25, -0.2) is 17.4 Å². The van der Waals surface area contributed by atoms with Gasteiger partial charge in [0.05, 0.1) is 32.2 Å². The lowest BCUT2D eigenvalue weighted by molar-refractivity contribution is 0.234. The number of unbranched alkanes of at least 4 members (excludes halogenated alkanes) is 2. The van der Waals surface area contributed by atoms with Crippen molar-refractivity contribution in [1.29, 1.82) is 0 Å². The molecule has 0 spiro atoms. The van der Waals surface area contributed by atoms with E-state index in [2.05, 4.69) is 16.6 Å². The Morgan fingerprint density at radius 2 is 1.70 bits per heavy atom. The molecule has 0 radical (unpaired) electrons. The smallest absolute Gasteiger partial charge is 0.261 e. The van der Waals surface area contributed by atoms with Gasteiger partial charge in [-0.05, 0) is 44.4 Å². The van der Waals surface area contributed by atoms with Crippen molar-refractivity contribution in [2.45, 2.75) is 57.1 Å². The number of fused-ring (bicyclic) bond motifs is 1. The number of benzene rings is 2. The van der Waals surface area contributed by atoms with E-state index >= 15 is 0 Å². The van der Waals surface area contributed by atoms with Crippen molar-refractivity contribution in [1.82, 2.24) is 9.62 Å². The van der Waals surface area contributed by atoms with Crippen LogP contribution in [0.25, 0.3) is 0 Å². The number of nitrogens with zero attached hydrogens (tertiary/aromatic N) is 2. The van der Waals surface area contributed by atoms with E-state index < -0.39 is 37.7 Å². The Morgan fingerprint density at radius 3 is 2.35 bits per heavy atom. The molecule has 2 aliphatic rings. The lowest BCUT2D eigenvalue weighted by Crippen LogP contribution is -2.38. The zero-order valence-electron chi connectivity index (χ0n) is 20.9. The number of amides is 2. The van der Waals surface area contributed by atoms with E-state index in [0.717, 1.165) is 30.4 Å². The van der Waals surface area contributed by atoms with Crippen molar-refractivity contribution in [3.05, 3.63) is 86.3 Å². The van der Waals surface area contributed by atoms with Gasteiger partial charge in [0.25, 0.3) is 10.0 Å². The second-order valence-electron chi connectivity index (χ2n) is 8.84. The van der Waals surface area contributed by atoms with Crippen molar-refractivity contribution in [3.63, 3.8) is 0 Å². The highest BCUT2D eigenvalue weighted by Gasteiger charge is 2.44. The summed E-state index contributed by atoms with van der Waals surface area (Å²) < 4.78 is 56.2. The highest BCUT2D eigenvalue weighted by molar-refractivity contribution is 8.10. The third-order valence-electron chi connectivity index (χ3n) is 6.09. The summed E-state index contributed by atoms with van der Waals surface area (Å²) in [6.45, 7) is 5.56. The van der Waals surface area contributed by atoms with Crippen LogP contribution in [0.5, 0.6) is 0 Å². The molecular formula is C26H29N3O5S3. The van der Waals surface area contributed by atoms with Gasteiger partial charge in [-0.15, -0.1) is 0 Å². The molecule has 0 aliphatic carbocycles. The normalized spacial score (nSPS) is 18.7. The first-order chi connectivity index (χ1) is 17.6. The highest BCUT2D eigenvalue weighted by Crippen LogP contribution is 2.39. The zero-order valence-corrected chi connectivity index (χ0v) is 23.3. The number of aliphatic imine (C=N–C) groups is 1. The van der Waals surface area contributed by atoms with Gasteiger partial charge in [-0.2, -0.15) is 4.99 Å². The molecule has 2 amide bonds. The molecule has 0 aromatic heterocycles. The topological polar surface area (TPSA) is 113 Å². The van der Waals surface area contributed by atoms with Crippen LogP contribution in [0.3, 0.4) is 0 Å². The molecule has 1 N–H and O–H groups in total. The van der Waals surface area contributed by atoms with Crippen LogP contribution >= 0.6 is 0 Å². The molecule has 0 fully saturated rings. The first-order valence-electron chi connectivity index (χ1n) is 11.9. The van der Waals surface area contributed by atoms with E-state index in [-0.39, 0.29) is 26.4 Å². The number of allylic oxidation sites excluding steroid dienone is 2. The highest BCUT2D eigenvalue weighted by atomic mass is 32.2. The van der Waals surface area contributed by atoms with E-state index in [0.29, 0.717) is 17.0 Å². The quantitative estimate of drug-likeness (QED) is 0.444. The maximum absolute atomic E-state index is 13.9. The summed E-state index contributed by atoms with van der Waals surface area (Å²) in [4.78, 5) is 18.8. The van der Waals surface area contributed by atoms with Crippen LogP contribution in [0.4, 0.5) is 4.79 Å². The van der Waals surface area contributed by atoms with Crippen molar-refractivity contribution in [3.8, 4) is 0 Å². The SMILES string of the molecule is CCCCCC1=C(C)N2C(=O)N=C(NS(=O)(=O)c3ccc(C)cc3)C2=C(S(=O)Cc2ccccc2)S1=O. The van der Waals surface area contributed by atoms with E-state index in [9.17, 15) is 21.6 Å². The average Bonchev–Trinajstić information content (AvgIpc) is 3.17. The molecule has 37 heavy (non-hydrogen) atoms. The minimum absolute atomic E-state index is 0.00263. The van der Waals surface area contributed by atoms with Gasteiger partial charge < -0.3 is 0 Å². The number of carbonyl (C=O) groups is 1. The van der Waals surface area contributed by atoms with Crippen molar-refractivity contribution < 1.29 is 21.6 Å². The Hall–Kier alpha value is -2.89. The summed E-state index contributed by atoms with van der Waals surface area (Å²) in [5.41, 5.74) is 2.08. The van der Waals surface area contributed by atoms with Gasteiger partial charge in [0, 0.05) is 10.6 Å². The lowest BCUT2D eigenvalue weighted by Gasteiger charge is -2.29. The molecule has 0 saturated carbocycles. The molecule has 2 aromatic rings. The largest absolute Gasteiger partial charge is 0.354 e. The number of rotatable bonds is 9. The fraction of sp³-hybridized carbons (Fsp3) is 0.308. The molecule has 0 bridgehead atoms. The lowest BCUT2D eigenvalue weighted by atomic mass is 10.2. The zero-order chi connectivity index (χ0) is 26.7. The minimum atomic E-state index is -4.12. The van der Waals surface area contributed by atoms with Crippen LogP contribution in [-0.2, 0) is 37.4 Å². The van der Waals surface area contributed by atoms with E-state index in [1.807, 2.05) is 37.3 Å². The van der Waals surface area contributed by atoms with E-state index in [1.165, 1.54) is 17.0 Å². The van der Waals surface area contributed by atoms with Gasteiger partial charge >= 0.3 is 6.03 Å². The summed E-state index contributed by atoms with van der Waals surface area (Å²) >= 11 is 0. The monoisotopic (exact) mass is 559 g/mol. The van der Waals surface area contributed by atoms with Crippen molar-refractivity contribution in [2.24, 2.45) is 4.99 Å². The van der Waals surface area contributed by atoms with E-state index in [1.54, 1.807) is 19.1 Å². The fourth-order valence-corrected chi connectivity index (χ4v) is 8.59. The van der Waals surface area contributed by atoms with Gasteiger partial charge in [-0.1, -0.05) is 67.8 Å². The van der Waals surface area contributed by atoms with Crippen molar-refractivity contribution >= 4 is 43.5 Å². The Bertz CT molecular complexity index is 1460. The van der Waals surface area contributed by atoms with Crippen LogP contribution in [0.2, 0.25) is 0 Å². The number of hydrogen-bond donors (Lipinski definition) is 1. The van der Waals surface area contributed by atoms with Crippen molar-refractivity contribution in [2.75, 3.05) is 0 Å². The van der Waals surface area contributed by atoms with Gasteiger partial charge in [0.1, 0.15) is 9.93 Å². The predicted molar refractivity (Wildman–Crippen MR) is 146 cm³/mol. The maximum atomic E-state index is 13.9. The number of urea groups is 1. The van der Waals surface area contributed by atoms with E-state index in [4.69, 9.17) is 0 Å². The molecule has 2 unspecified atom stereocenters. The Morgan fingerprint density at radius 1 is 1.03 bits per heavy atom. The molecule has 0 saturated heterocycles. The number of nitrogens with one attached hydrogen (secondary N) is 1.